The molecular formula is C21H27N3O5S. The maximum atomic E-state index is 12.4. The number of hydrogen-bond donors (Lipinski definition) is 3. The molecule has 9 heteroatoms. The number of rotatable bonds is 9. The smallest absolute Gasteiger partial charge is 0.291 e. The van der Waals surface area contributed by atoms with Crippen LogP contribution < -0.4 is 25.4 Å². The minimum absolute atomic E-state index is 0.175. The van der Waals surface area contributed by atoms with Crippen LogP contribution in [0.5, 0.6) is 11.5 Å². The Balaban J connectivity index is 1.76. The van der Waals surface area contributed by atoms with Gasteiger partial charge in [-0.1, -0.05) is 0 Å². The van der Waals surface area contributed by atoms with Gasteiger partial charge in [-0.2, -0.15) is 0 Å². The Kier molecular flexibility index (Phi) is 7.92. The first kappa shape index (κ1) is 21.9. The second kappa shape index (κ2) is 10.8. The van der Waals surface area contributed by atoms with Crippen LogP contribution >= 0.6 is 12.2 Å². The van der Waals surface area contributed by atoms with Gasteiger partial charge in [0.05, 0.1) is 37.0 Å². The standard InChI is InChI=1S/C21H27N3O5S/c1-3-26-18-12-16(24-21(30)22-13-14-7-5-9-28-14)19(27-4-2)11-15(18)23-20(25)17-8-6-10-29-17/h6,8,10-12,14H,3-5,7,9,13H2,1-2H3,(H,23,25)(H2,22,24,30)/t14-/m0/s1. The largest absolute Gasteiger partial charge is 0.492 e. The lowest BCUT2D eigenvalue weighted by Gasteiger charge is -2.19. The molecule has 3 rings (SSSR count). The molecular weight excluding hydrogens is 406 g/mol. The Morgan fingerprint density at radius 2 is 1.87 bits per heavy atom. The van der Waals surface area contributed by atoms with Gasteiger partial charge < -0.3 is 34.6 Å². The van der Waals surface area contributed by atoms with Crippen molar-refractivity contribution in [2.24, 2.45) is 0 Å². The highest BCUT2D eigenvalue weighted by molar-refractivity contribution is 7.80. The van der Waals surface area contributed by atoms with Crippen molar-refractivity contribution in [1.29, 1.82) is 0 Å². The van der Waals surface area contributed by atoms with Gasteiger partial charge in [-0.3, -0.25) is 4.79 Å². The first-order valence-electron chi connectivity index (χ1n) is 10.1. The SMILES string of the molecule is CCOc1cc(NC(=S)NC[C@@H]2CCCO2)c(OCC)cc1NC(=O)c1ccco1. The molecule has 1 aromatic heterocycles. The van der Waals surface area contributed by atoms with Crippen LogP contribution in [0.4, 0.5) is 11.4 Å². The number of hydrogen-bond acceptors (Lipinski definition) is 6. The molecule has 1 aliphatic rings. The van der Waals surface area contributed by atoms with E-state index in [1.165, 1.54) is 6.26 Å². The van der Waals surface area contributed by atoms with E-state index in [1.54, 1.807) is 24.3 Å². The van der Waals surface area contributed by atoms with Gasteiger partial charge in [-0.15, -0.1) is 0 Å². The molecule has 1 amide bonds. The normalized spacial score (nSPS) is 15.5. The summed E-state index contributed by atoms with van der Waals surface area (Å²) in [7, 11) is 0. The lowest BCUT2D eigenvalue weighted by Crippen LogP contribution is -2.34. The molecule has 2 aromatic rings. The summed E-state index contributed by atoms with van der Waals surface area (Å²) < 4.78 is 22.3. The predicted molar refractivity (Wildman–Crippen MR) is 119 cm³/mol. The molecule has 2 heterocycles. The first-order valence-corrected chi connectivity index (χ1v) is 10.5. The lowest BCUT2D eigenvalue weighted by molar-refractivity contribution is 0.0996. The molecule has 0 radical (unpaired) electrons. The fourth-order valence-electron chi connectivity index (χ4n) is 3.08. The Bertz CT molecular complexity index is 851. The summed E-state index contributed by atoms with van der Waals surface area (Å²) in [6, 6.07) is 6.71. The van der Waals surface area contributed by atoms with Gasteiger partial charge in [0.25, 0.3) is 5.91 Å². The average Bonchev–Trinajstić information content (AvgIpc) is 3.44. The van der Waals surface area contributed by atoms with E-state index in [-0.39, 0.29) is 17.8 Å². The number of nitrogens with one attached hydrogen (secondary N) is 3. The highest BCUT2D eigenvalue weighted by Gasteiger charge is 2.18. The zero-order chi connectivity index (χ0) is 21.3. The number of carbonyl (C=O) groups is 1. The third-order valence-corrected chi connectivity index (χ3v) is 4.68. The van der Waals surface area contributed by atoms with Crippen LogP contribution in [-0.2, 0) is 4.74 Å². The van der Waals surface area contributed by atoms with Gasteiger partial charge in [0.1, 0.15) is 11.5 Å². The molecule has 1 saturated heterocycles. The van der Waals surface area contributed by atoms with Gasteiger partial charge in [0, 0.05) is 25.3 Å². The maximum absolute atomic E-state index is 12.4. The number of anilines is 2. The van der Waals surface area contributed by atoms with Crippen LogP contribution in [0.3, 0.4) is 0 Å². The second-order valence-electron chi connectivity index (χ2n) is 6.61. The molecule has 3 N–H and O–H groups in total. The topological polar surface area (TPSA) is 94.0 Å². The van der Waals surface area contributed by atoms with Crippen molar-refractivity contribution in [1.82, 2.24) is 5.32 Å². The molecule has 8 nitrogen and oxygen atoms in total. The summed E-state index contributed by atoms with van der Waals surface area (Å²) in [6.45, 7) is 6.07. The van der Waals surface area contributed by atoms with Crippen molar-refractivity contribution in [2.75, 3.05) is 37.0 Å². The molecule has 0 spiro atoms. The van der Waals surface area contributed by atoms with Gasteiger partial charge >= 0.3 is 0 Å². The van der Waals surface area contributed by atoms with Crippen molar-refractivity contribution < 1.29 is 23.4 Å². The maximum Gasteiger partial charge on any atom is 0.291 e. The molecule has 0 aliphatic carbocycles. The van der Waals surface area contributed by atoms with E-state index in [4.69, 9.17) is 30.8 Å². The van der Waals surface area contributed by atoms with E-state index in [0.717, 1.165) is 19.4 Å². The van der Waals surface area contributed by atoms with Gasteiger partial charge in [-0.25, -0.2) is 0 Å². The van der Waals surface area contributed by atoms with E-state index in [1.807, 2.05) is 13.8 Å². The van der Waals surface area contributed by atoms with Crippen molar-refractivity contribution in [3.63, 3.8) is 0 Å². The highest BCUT2D eigenvalue weighted by atomic mass is 32.1. The van der Waals surface area contributed by atoms with E-state index < -0.39 is 0 Å². The summed E-state index contributed by atoms with van der Waals surface area (Å²) in [4.78, 5) is 12.4. The van der Waals surface area contributed by atoms with Crippen molar-refractivity contribution >= 4 is 34.6 Å². The quantitative estimate of drug-likeness (QED) is 0.514. The van der Waals surface area contributed by atoms with Crippen LogP contribution in [0.1, 0.15) is 37.2 Å². The van der Waals surface area contributed by atoms with E-state index >= 15 is 0 Å². The van der Waals surface area contributed by atoms with Crippen molar-refractivity contribution in [3.8, 4) is 11.5 Å². The number of amides is 1. The van der Waals surface area contributed by atoms with Crippen LogP contribution in [0.2, 0.25) is 0 Å². The van der Waals surface area contributed by atoms with Crippen LogP contribution in [0.25, 0.3) is 0 Å². The average molecular weight is 434 g/mol. The Hall–Kier alpha value is -2.78. The summed E-state index contributed by atoms with van der Waals surface area (Å²) in [5.74, 6) is 0.859. The Morgan fingerprint density at radius 3 is 2.43 bits per heavy atom. The van der Waals surface area contributed by atoms with E-state index in [0.29, 0.717) is 47.7 Å². The predicted octanol–water partition coefficient (Wildman–Crippen LogP) is 3.79. The van der Waals surface area contributed by atoms with Gasteiger partial charge in [-0.05, 0) is 51.0 Å². The minimum atomic E-state index is -0.377. The highest BCUT2D eigenvalue weighted by Crippen LogP contribution is 2.37. The third kappa shape index (κ3) is 5.87. The Labute approximate surface area is 181 Å². The molecule has 1 atom stereocenters. The lowest BCUT2D eigenvalue weighted by atomic mass is 10.2. The minimum Gasteiger partial charge on any atom is -0.492 e. The first-order chi connectivity index (χ1) is 14.6. The van der Waals surface area contributed by atoms with Crippen LogP contribution in [0.15, 0.2) is 34.9 Å². The molecule has 30 heavy (non-hydrogen) atoms. The zero-order valence-corrected chi connectivity index (χ0v) is 18.0. The van der Waals surface area contributed by atoms with Gasteiger partial charge in [0.15, 0.2) is 10.9 Å². The van der Waals surface area contributed by atoms with Crippen molar-refractivity contribution in [3.05, 3.63) is 36.3 Å². The third-order valence-electron chi connectivity index (χ3n) is 4.44. The number of ether oxygens (including phenoxy) is 3. The van der Waals surface area contributed by atoms with E-state index in [9.17, 15) is 4.79 Å². The summed E-state index contributed by atoms with van der Waals surface area (Å²) in [5, 5.41) is 9.60. The number of benzene rings is 1. The molecule has 1 aromatic carbocycles. The fraction of sp³-hybridized carbons (Fsp3) is 0.429. The molecule has 1 aliphatic heterocycles. The number of thiocarbonyl (C=S) groups is 1. The molecule has 162 valence electrons. The summed E-state index contributed by atoms with van der Waals surface area (Å²) in [5.41, 5.74) is 1.12. The molecule has 0 saturated carbocycles. The fourth-order valence-corrected chi connectivity index (χ4v) is 3.27. The number of carbonyl (C=O) groups excluding carboxylic acids is 1. The van der Waals surface area contributed by atoms with Gasteiger partial charge in [0.2, 0.25) is 0 Å². The second-order valence-corrected chi connectivity index (χ2v) is 7.02. The monoisotopic (exact) mass is 433 g/mol. The van der Waals surface area contributed by atoms with Crippen LogP contribution in [0, 0.1) is 0 Å². The zero-order valence-electron chi connectivity index (χ0n) is 17.2. The summed E-state index contributed by atoms with van der Waals surface area (Å²) in [6.07, 6.45) is 3.72. The van der Waals surface area contributed by atoms with Crippen LogP contribution in [-0.4, -0.2) is 43.5 Å². The molecule has 0 bridgehead atoms. The molecule has 0 unspecified atom stereocenters. The number of furan rings is 1. The summed E-state index contributed by atoms with van der Waals surface area (Å²) >= 11 is 5.42. The Morgan fingerprint density at radius 1 is 1.17 bits per heavy atom. The van der Waals surface area contributed by atoms with E-state index in [2.05, 4.69) is 16.0 Å². The molecule has 1 fully saturated rings. The van der Waals surface area contributed by atoms with Crippen molar-refractivity contribution in [2.45, 2.75) is 32.8 Å².